The Morgan fingerprint density at radius 2 is 1.79 bits per heavy atom. The smallest absolute Gasteiger partial charge is 0.251 e. The van der Waals surface area contributed by atoms with Gasteiger partial charge in [0.25, 0.3) is 5.91 Å². The van der Waals surface area contributed by atoms with Crippen LogP contribution in [0.25, 0.3) is 0 Å². The Hall–Kier alpha value is -2.34. The van der Waals surface area contributed by atoms with Crippen molar-refractivity contribution >= 4 is 39.1 Å². The summed E-state index contributed by atoms with van der Waals surface area (Å²) in [4.78, 5) is 24.0. The fraction of sp³-hybridized carbons (Fsp3) is 0.222. The van der Waals surface area contributed by atoms with Crippen molar-refractivity contribution in [3.63, 3.8) is 0 Å². The number of anilines is 2. The number of carbonyl (C=O) groups excluding carboxylic acids is 2. The quantitative estimate of drug-likeness (QED) is 0.676. The molecule has 2 aromatic carbocycles. The molecule has 0 radical (unpaired) electrons. The predicted molar refractivity (Wildman–Crippen MR) is 100 cm³/mol. The maximum absolute atomic E-state index is 12.0. The number of rotatable bonds is 7. The molecule has 0 aromatic heterocycles. The number of halogens is 1. The van der Waals surface area contributed by atoms with Gasteiger partial charge in [0.05, 0.1) is 6.54 Å². The van der Waals surface area contributed by atoms with E-state index in [-0.39, 0.29) is 18.4 Å². The predicted octanol–water partition coefficient (Wildman–Crippen LogP) is 3.64. The standard InChI is InChI=1S/C18H20BrN3O2/c1-2-10-20-18(24)13-4-3-5-16(11-13)22-17(23)12-21-15-8-6-14(19)7-9-15/h3-9,11,21H,2,10,12H2,1H3,(H,20,24)(H,22,23). The summed E-state index contributed by atoms with van der Waals surface area (Å²) in [6.45, 7) is 2.77. The Labute approximate surface area is 150 Å². The number of carbonyl (C=O) groups is 2. The second-order valence-corrected chi connectivity index (χ2v) is 6.16. The first-order valence-electron chi connectivity index (χ1n) is 7.76. The van der Waals surface area contributed by atoms with E-state index in [1.165, 1.54) is 0 Å². The lowest BCUT2D eigenvalue weighted by Crippen LogP contribution is -2.24. The molecule has 5 nitrogen and oxygen atoms in total. The number of amides is 2. The van der Waals surface area contributed by atoms with Crippen molar-refractivity contribution in [2.24, 2.45) is 0 Å². The van der Waals surface area contributed by atoms with Gasteiger partial charge in [0.2, 0.25) is 5.91 Å². The maximum atomic E-state index is 12.0. The van der Waals surface area contributed by atoms with E-state index in [9.17, 15) is 9.59 Å². The number of hydrogen-bond acceptors (Lipinski definition) is 3. The lowest BCUT2D eigenvalue weighted by Gasteiger charge is -2.09. The molecular weight excluding hydrogens is 370 g/mol. The van der Waals surface area contributed by atoms with Gasteiger partial charge in [0, 0.05) is 28.0 Å². The molecule has 24 heavy (non-hydrogen) atoms. The van der Waals surface area contributed by atoms with Crippen LogP contribution in [0.5, 0.6) is 0 Å². The highest BCUT2D eigenvalue weighted by Gasteiger charge is 2.07. The monoisotopic (exact) mass is 389 g/mol. The Kier molecular flexibility index (Phi) is 6.81. The molecule has 2 aromatic rings. The van der Waals surface area contributed by atoms with Crippen LogP contribution in [0.15, 0.2) is 53.0 Å². The Bertz CT molecular complexity index is 702. The molecule has 0 heterocycles. The second-order valence-electron chi connectivity index (χ2n) is 5.25. The van der Waals surface area contributed by atoms with E-state index < -0.39 is 0 Å². The molecule has 6 heteroatoms. The summed E-state index contributed by atoms with van der Waals surface area (Å²) in [5, 5.41) is 8.64. The molecular formula is C18H20BrN3O2. The highest BCUT2D eigenvalue weighted by atomic mass is 79.9. The molecule has 0 atom stereocenters. The van der Waals surface area contributed by atoms with Crippen LogP contribution in [0.4, 0.5) is 11.4 Å². The molecule has 0 fully saturated rings. The van der Waals surface area contributed by atoms with Gasteiger partial charge in [-0.3, -0.25) is 9.59 Å². The summed E-state index contributed by atoms with van der Waals surface area (Å²) in [7, 11) is 0. The lowest BCUT2D eigenvalue weighted by molar-refractivity contribution is -0.114. The van der Waals surface area contributed by atoms with E-state index in [2.05, 4.69) is 31.9 Å². The van der Waals surface area contributed by atoms with Crippen molar-refractivity contribution in [1.29, 1.82) is 0 Å². The number of benzene rings is 2. The zero-order valence-electron chi connectivity index (χ0n) is 13.4. The maximum Gasteiger partial charge on any atom is 0.251 e. The van der Waals surface area contributed by atoms with Crippen LogP contribution in [-0.2, 0) is 4.79 Å². The lowest BCUT2D eigenvalue weighted by atomic mass is 10.2. The Morgan fingerprint density at radius 3 is 2.50 bits per heavy atom. The minimum Gasteiger partial charge on any atom is -0.376 e. The fourth-order valence-corrected chi connectivity index (χ4v) is 2.30. The summed E-state index contributed by atoms with van der Waals surface area (Å²) < 4.78 is 0.982. The molecule has 0 unspecified atom stereocenters. The van der Waals surface area contributed by atoms with Crippen molar-refractivity contribution in [2.45, 2.75) is 13.3 Å². The molecule has 126 valence electrons. The Morgan fingerprint density at radius 1 is 1.04 bits per heavy atom. The summed E-state index contributed by atoms with van der Waals surface area (Å²) in [6.07, 6.45) is 0.879. The molecule has 0 aliphatic carbocycles. The minimum absolute atomic E-state index is 0.138. The van der Waals surface area contributed by atoms with Crippen LogP contribution in [-0.4, -0.2) is 24.9 Å². The van der Waals surface area contributed by atoms with E-state index in [4.69, 9.17) is 0 Å². The summed E-state index contributed by atoms with van der Waals surface area (Å²) >= 11 is 3.36. The third kappa shape index (κ3) is 5.70. The number of nitrogens with one attached hydrogen (secondary N) is 3. The largest absolute Gasteiger partial charge is 0.376 e. The molecule has 2 amide bonds. The van der Waals surface area contributed by atoms with Crippen LogP contribution in [0.1, 0.15) is 23.7 Å². The van der Waals surface area contributed by atoms with Crippen LogP contribution in [0.2, 0.25) is 0 Å². The molecule has 0 aliphatic heterocycles. The molecule has 0 aliphatic rings. The van der Waals surface area contributed by atoms with E-state index in [0.717, 1.165) is 16.6 Å². The molecule has 0 saturated carbocycles. The first kappa shape index (κ1) is 18.0. The first-order valence-corrected chi connectivity index (χ1v) is 8.55. The van der Waals surface area contributed by atoms with Crippen molar-refractivity contribution in [2.75, 3.05) is 23.7 Å². The zero-order chi connectivity index (χ0) is 17.4. The molecule has 0 saturated heterocycles. The topological polar surface area (TPSA) is 70.2 Å². The fourth-order valence-electron chi connectivity index (χ4n) is 2.03. The average molecular weight is 390 g/mol. The van der Waals surface area contributed by atoms with Gasteiger partial charge < -0.3 is 16.0 Å². The molecule has 2 rings (SSSR count). The average Bonchev–Trinajstić information content (AvgIpc) is 2.59. The number of hydrogen-bond donors (Lipinski definition) is 3. The highest BCUT2D eigenvalue weighted by molar-refractivity contribution is 9.10. The van der Waals surface area contributed by atoms with Gasteiger partial charge in [-0.05, 0) is 48.9 Å². The van der Waals surface area contributed by atoms with Crippen molar-refractivity contribution in [1.82, 2.24) is 5.32 Å². The van der Waals surface area contributed by atoms with Gasteiger partial charge in [-0.25, -0.2) is 0 Å². The summed E-state index contributed by atoms with van der Waals surface area (Å²) in [5.41, 5.74) is 1.99. The zero-order valence-corrected chi connectivity index (χ0v) is 15.0. The first-order chi connectivity index (χ1) is 11.6. The van der Waals surface area contributed by atoms with Crippen molar-refractivity contribution in [3.05, 3.63) is 58.6 Å². The van der Waals surface area contributed by atoms with E-state index in [1.54, 1.807) is 24.3 Å². The van der Waals surface area contributed by atoms with Crippen LogP contribution < -0.4 is 16.0 Å². The van der Waals surface area contributed by atoms with Crippen LogP contribution in [0, 0.1) is 0 Å². The van der Waals surface area contributed by atoms with Crippen LogP contribution >= 0.6 is 15.9 Å². The van der Waals surface area contributed by atoms with Crippen molar-refractivity contribution < 1.29 is 9.59 Å². The SMILES string of the molecule is CCCNC(=O)c1cccc(NC(=O)CNc2ccc(Br)cc2)c1. The second kappa shape index (κ2) is 9.08. The summed E-state index contributed by atoms with van der Waals surface area (Å²) in [5.74, 6) is -0.315. The third-order valence-electron chi connectivity index (χ3n) is 3.24. The van der Waals surface area contributed by atoms with Gasteiger partial charge in [0.1, 0.15) is 0 Å². The normalized spacial score (nSPS) is 10.1. The molecule has 0 bridgehead atoms. The van der Waals surface area contributed by atoms with Gasteiger partial charge in [-0.2, -0.15) is 0 Å². The van der Waals surface area contributed by atoms with E-state index in [0.29, 0.717) is 17.8 Å². The Balaban J connectivity index is 1.89. The van der Waals surface area contributed by atoms with Gasteiger partial charge in [0.15, 0.2) is 0 Å². The molecule has 0 spiro atoms. The van der Waals surface area contributed by atoms with Gasteiger partial charge in [-0.15, -0.1) is 0 Å². The van der Waals surface area contributed by atoms with E-state index >= 15 is 0 Å². The molecule has 3 N–H and O–H groups in total. The van der Waals surface area contributed by atoms with Crippen LogP contribution in [0.3, 0.4) is 0 Å². The summed E-state index contributed by atoms with van der Waals surface area (Å²) in [6, 6.07) is 14.5. The van der Waals surface area contributed by atoms with E-state index in [1.807, 2.05) is 31.2 Å². The van der Waals surface area contributed by atoms with Gasteiger partial charge >= 0.3 is 0 Å². The minimum atomic E-state index is -0.177. The van der Waals surface area contributed by atoms with Gasteiger partial charge in [-0.1, -0.05) is 28.9 Å². The van der Waals surface area contributed by atoms with Crippen molar-refractivity contribution in [3.8, 4) is 0 Å². The third-order valence-corrected chi connectivity index (χ3v) is 3.77. The highest BCUT2D eigenvalue weighted by Crippen LogP contribution is 2.14.